The maximum absolute atomic E-state index is 12.1. The Labute approximate surface area is 135 Å². The number of benzene rings is 1. The summed E-state index contributed by atoms with van der Waals surface area (Å²) in [5, 5.41) is 6.13. The van der Waals surface area contributed by atoms with Crippen molar-refractivity contribution in [2.24, 2.45) is 11.8 Å². The van der Waals surface area contributed by atoms with Crippen molar-refractivity contribution in [2.75, 3.05) is 18.4 Å². The van der Waals surface area contributed by atoms with Gasteiger partial charge in [-0.1, -0.05) is 6.92 Å². The molecule has 1 aliphatic heterocycles. The first kappa shape index (κ1) is 17.8. The molecule has 1 amide bonds. The zero-order valence-corrected chi connectivity index (χ0v) is 13.5. The lowest BCUT2D eigenvalue weighted by molar-refractivity contribution is -0.121. The van der Waals surface area contributed by atoms with E-state index in [1.54, 1.807) is 0 Å². The highest BCUT2D eigenvalue weighted by Gasteiger charge is 2.28. The van der Waals surface area contributed by atoms with Crippen LogP contribution in [-0.2, 0) is 4.79 Å². The number of halogens is 2. The third-order valence-corrected chi connectivity index (χ3v) is 3.70. The number of aromatic nitrogens is 1. The largest absolute Gasteiger partial charge is 0.441 e. The summed E-state index contributed by atoms with van der Waals surface area (Å²) in [5.74, 6) is 1.16. The Kier molecular flexibility index (Phi) is 6.01. The van der Waals surface area contributed by atoms with Crippen LogP contribution in [0.3, 0.4) is 0 Å². The van der Waals surface area contributed by atoms with E-state index in [0.29, 0.717) is 11.8 Å². The van der Waals surface area contributed by atoms with Gasteiger partial charge in [-0.25, -0.2) is 4.98 Å². The summed E-state index contributed by atoms with van der Waals surface area (Å²) >= 11 is 0. The first-order valence-electron chi connectivity index (χ1n) is 6.52. The molecule has 0 radical (unpaired) electrons. The van der Waals surface area contributed by atoms with Crippen molar-refractivity contribution in [1.82, 2.24) is 10.3 Å². The van der Waals surface area contributed by atoms with Crippen LogP contribution < -0.4 is 10.6 Å². The van der Waals surface area contributed by atoms with Gasteiger partial charge in [0.15, 0.2) is 11.5 Å². The molecule has 1 fully saturated rings. The maximum Gasteiger partial charge on any atom is 0.227 e. The summed E-state index contributed by atoms with van der Waals surface area (Å²) in [5.41, 5.74) is 2.28. The topological polar surface area (TPSA) is 67.2 Å². The van der Waals surface area contributed by atoms with E-state index in [4.69, 9.17) is 4.42 Å². The first-order chi connectivity index (χ1) is 9.13. The highest BCUT2D eigenvalue weighted by atomic mass is 35.5. The van der Waals surface area contributed by atoms with Gasteiger partial charge in [-0.3, -0.25) is 4.79 Å². The Balaban J connectivity index is 0.00000110. The fourth-order valence-corrected chi connectivity index (χ4v) is 2.26. The van der Waals surface area contributed by atoms with Crippen LogP contribution in [0.4, 0.5) is 5.69 Å². The van der Waals surface area contributed by atoms with Gasteiger partial charge in [-0.2, -0.15) is 0 Å². The molecule has 3 rings (SSSR count). The summed E-state index contributed by atoms with van der Waals surface area (Å²) in [6, 6.07) is 5.52. The second-order valence-electron chi connectivity index (χ2n) is 5.11. The molecule has 2 heterocycles. The summed E-state index contributed by atoms with van der Waals surface area (Å²) in [7, 11) is 0. The molecule has 1 aromatic heterocycles. The highest BCUT2D eigenvalue weighted by Crippen LogP contribution is 2.22. The van der Waals surface area contributed by atoms with Crippen LogP contribution in [-0.4, -0.2) is 24.0 Å². The van der Waals surface area contributed by atoms with Crippen molar-refractivity contribution < 1.29 is 9.21 Å². The van der Waals surface area contributed by atoms with E-state index in [0.717, 1.165) is 29.9 Å². The average molecular weight is 332 g/mol. The van der Waals surface area contributed by atoms with E-state index in [9.17, 15) is 4.79 Å². The molecule has 2 N–H and O–H groups in total. The quantitative estimate of drug-likeness (QED) is 0.907. The van der Waals surface area contributed by atoms with E-state index in [2.05, 4.69) is 15.6 Å². The lowest BCUT2D eigenvalue weighted by atomic mass is 9.88. The van der Waals surface area contributed by atoms with E-state index in [-0.39, 0.29) is 36.6 Å². The number of carbonyl (C=O) groups excluding carboxylic acids is 1. The zero-order valence-electron chi connectivity index (χ0n) is 11.9. The van der Waals surface area contributed by atoms with Crippen molar-refractivity contribution in [3.8, 4) is 0 Å². The fourth-order valence-electron chi connectivity index (χ4n) is 2.26. The molecule has 0 bridgehead atoms. The number of anilines is 1. The highest BCUT2D eigenvalue weighted by molar-refractivity contribution is 5.94. The van der Waals surface area contributed by atoms with Gasteiger partial charge < -0.3 is 15.1 Å². The number of hydrogen-bond donors (Lipinski definition) is 2. The number of aryl methyl sites for hydroxylation is 1. The number of nitrogens with one attached hydrogen (secondary N) is 2. The minimum atomic E-state index is 0. The number of carbonyl (C=O) groups is 1. The summed E-state index contributed by atoms with van der Waals surface area (Å²) < 4.78 is 5.41. The van der Waals surface area contributed by atoms with E-state index < -0.39 is 0 Å². The number of oxazole rings is 1. The van der Waals surface area contributed by atoms with Crippen LogP contribution in [0.5, 0.6) is 0 Å². The third-order valence-electron chi connectivity index (χ3n) is 3.70. The Bertz CT molecular complexity index is 626. The standard InChI is InChI=1S/C14H17N3O2.2ClH/c1-8(10-6-15-7-10)14(18)17-11-3-4-13-12(5-11)16-9(2)19-13;;/h3-5,8,10,15H,6-7H2,1-2H3,(H,17,18);2*1H. The Morgan fingerprint density at radius 1 is 1.43 bits per heavy atom. The van der Waals surface area contributed by atoms with Gasteiger partial charge in [-0.15, -0.1) is 24.8 Å². The van der Waals surface area contributed by atoms with Crippen LogP contribution in [0.25, 0.3) is 11.1 Å². The first-order valence-corrected chi connectivity index (χ1v) is 6.52. The van der Waals surface area contributed by atoms with Gasteiger partial charge >= 0.3 is 0 Å². The minimum absolute atomic E-state index is 0. The lowest BCUT2D eigenvalue weighted by Gasteiger charge is -2.31. The van der Waals surface area contributed by atoms with Crippen molar-refractivity contribution >= 4 is 47.5 Å². The van der Waals surface area contributed by atoms with Gasteiger partial charge in [-0.05, 0) is 37.2 Å². The molecule has 0 aliphatic carbocycles. The SMILES string of the molecule is Cc1nc2cc(NC(=O)C(C)C3CNC3)ccc2o1.Cl.Cl. The van der Waals surface area contributed by atoms with Gasteiger partial charge in [0.25, 0.3) is 0 Å². The van der Waals surface area contributed by atoms with Gasteiger partial charge in [0.1, 0.15) is 5.52 Å². The normalized spacial score (nSPS) is 15.5. The Hall–Kier alpha value is -1.30. The molecule has 1 saturated heterocycles. The molecule has 21 heavy (non-hydrogen) atoms. The molecule has 1 aliphatic rings. The van der Waals surface area contributed by atoms with Crippen molar-refractivity contribution in [2.45, 2.75) is 13.8 Å². The summed E-state index contributed by atoms with van der Waals surface area (Å²) in [4.78, 5) is 16.4. The smallest absolute Gasteiger partial charge is 0.227 e. The Morgan fingerprint density at radius 2 is 2.14 bits per heavy atom. The van der Waals surface area contributed by atoms with Crippen molar-refractivity contribution in [1.29, 1.82) is 0 Å². The van der Waals surface area contributed by atoms with Crippen LogP contribution in [0.1, 0.15) is 12.8 Å². The zero-order chi connectivity index (χ0) is 13.4. The van der Waals surface area contributed by atoms with E-state index in [1.807, 2.05) is 32.0 Å². The second kappa shape index (κ2) is 7.11. The van der Waals surface area contributed by atoms with Gasteiger partial charge in [0.05, 0.1) is 0 Å². The third kappa shape index (κ3) is 3.67. The van der Waals surface area contributed by atoms with Crippen molar-refractivity contribution in [3.63, 3.8) is 0 Å². The number of fused-ring (bicyclic) bond motifs is 1. The molecule has 1 unspecified atom stereocenters. The molecule has 7 heteroatoms. The molecule has 1 atom stereocenters. The number of hydrogen-bond acceptors (Lipinski definition) is 4. The predicted molar refractivity (Wildman–Crippen MR) is 87.4 cm³/mol. The molecule has 116 valence electrons. The fraction of sp³-hybridized carbons (Fsp3) is 0.429. The van der Waals surface area contributed by atoms with Crippen LogP contribution >= 0.6 is 24.8 Å². The molecule has 2 aromatic rings. The van der Waals surface area contributed by atoms with Gasteiger partial charge in [0.2, 0.25) is 5.91 Å². The molecular weight excluding hydrogens is 313 g/mol. The van der Waals surface area contributed by atoms with Crippen molar-refractivity contribution in [3.05, 3.63) is 24.1 Å². The van der Waals surface area contributed by atoms with E-state index in [1.165, 1.54) is 0 Å². The maximum atomic E-state index is 12.1. The number of amides is 1. The molecule has 0 spiro atoms. The molecular formula is C14H19Cl2N3O2. The summed E-state index contributed by atoms with van der Waals surface area (Å²) in [6.45, 7) is 5.63. The van der Waals surface area contributed by atoms with E-state index >= 15 is 0 Å². The summed E-state index contributed by atoms with van der Waals surface area (Å²) in [6.07, 6.45) is 0. The van der Waals surface area contributed by atoms with Crippen LogP contribution in [0, 0.1) is 18.8 Å². The van der Waals surface area contributed by atoms with Crippen LogP contribution in [0.15, 0.2) is 22.6 Å². The molecule has 1 aromatic carbocycles. The van der Waals surface area contributed by atoms with Crippen LogP contribution in [0.2, 0.25) is 0 Å². The number of nitrogens with zero attached hydrogens (tertiary/aromatic N) is 1. The molecule has 0 saturated carbocycles. The molecule has 5 nitrogen and oxygen atoms in total. The predicted octanol–water partition coefficient (Wildman–Crippen LogP) is 2.77. The number of rotatable bonds is 3. The Morgan fingerprint density at radius 3 is 2.76 bits per heavy atom. The average Bonchev–Trinajstić information content (AvgIpc) is 2.66. The lowest BCUT2D eigenvalue weighted by Crippen LogP contribution is -2.48. The van der Waals surface area contributed by atoms with Gasteiger partial charge in [0, 0.05) is 18.5 Å². The minimum Gasteiger partial charge on any atom is -0.441 e. The monoisotopic (exact) mass is 331 g/mol. The second-order valence-corrected chi connectivity index (χ2v) is 5.11.